The molecule has 8 nitrogen and oxygen atoms in total. The van der Waals surface area contributed by atoms with E-state index < -0.39 is 0 Å². The second kappa shape index (κ2) is 7.93. The Labute approximate surface area is 180 Å². The maximum Gasteiger partial charge on any atom is 0.222 e. The molecule has 4 aromatic rings. The van der Waals surface area contributed by atoms with E-state index in [9.17, 15) is 10.1 Å². The monoisotopic (exact) mass is 462 g/mol. The number of H-pyrrole nitrogens is 1. The van der Waals surface area contributed by atoms with Crippen LogP contribution in [0.25, 0.3) is 33.4 Å². The topological polar surface area (TPSA) is 117 Å². The van der Waals surface area contributed by atoms with E-state index in [1.54, 1.807) is 37.7 Å². The average molecular weight is 463 g/mol. The van der Waals surface area contributed by atoms with Crippen LogP contribution < -0.4 is 10.1 Å². The van der Waals surface area contributed by atoms with Crippen LogP contribution in [0.5, 0.6) is 5.88 Å². The van der Waals surface area contributed by atoms with Crippen LogP contribution >= 0.6 is 15.9 Å². The van der Waals surface area contributed by atoms with Crippen molar-refractivity contribution < 1.29 is 9.53 Å². The van der Waals surface area contributed by atoms with E-state index in [4.69, 9.17) is 4.74 Å². The second-order valence-corrected chi connectivity index (χ2v) is 7.22. The van der Waals surface area contributed by atoms with Gasteiger partial charge in [-0.1, -0.05) is 0 Å². The molecule has 0 aliphatic carbocycles. The Hall–Kier alpha value is -3.77. The third-order valence-corrected chi connectivity index (χ3v) is 4.84. The third-order valence-electron chi connectivity index (χ3n) is 4.43. The molecule has 0 saturated carbocycles. The molecule has 30 heavy (non-hydrogen) atoms. The first-order valence-corrected chi connectivity index (χ1v) is 9.66. The Kier molecular flexibility index (Phi) is 5.16. The van der Waals surface area contributed by atoms with Gasteiger partial charge in [0, 0.05) is 42.1 Å². The fourth-order valence-corrected chi connectivity index (χ4v) is 3.60. The number of nitrogens with zero attached hydrogens (tertiary/aromatic N) is 4. The molecule has 148 valence electrons. The number of aromatic nitrogens is 4. The third kappa shape index (κ3) is 3.60. The van der Waals surface area contributed by atoms with Crippen LogP contribution in [-0.4, -0.2) is 33.0 Å². The van der Waals surface area contributed by atoms with Crippen LogP contribution in [0.15, 0.2) is 47.3 Å². The summed E-state index contributed by atoms with van der Waals surface area (Å²) in [5, 5.41) is 12.3. The highest BCUT2D eigenvalue weighted by atomic mass is 79.9. The van der Waals surface area contributed by atoms with Crippen molar-refractivity contribution in [3.8, 4) is 34.3 Å². The Morgan fingerprint density at radius 2 is 2.07 bits per heavy atom. The lowest BCUT2D eigenvalue weighted by molar-refractivity contribution is -0.114. The van der Waals surface area contributed by atoms with Gasteiger partial charge < -0.3 is 15.0 Å². The second-order valence-electron chi connectivity index (χ2n) is 6.40. The van der Waals surface area contributed by atoms with Gasteiger partial charge in [0.1, 0.15) is 16.5 Å². The molecule has 4 aromatic heterocycles. The summed E-state index contributed by atoms with van der Waals surface area (Å²) in [4.78, 5) is 27.9. The molecule has 4 heterocycles. The minimum Gasteiger partial charge on any atom is -0.481 e. The molecule has 0 bridgehead atoms. The van der Waals surface area contributed by atoms with Crippen molar-refractivity contribution in [3.63, 3.8) is 0 Å². The Balaban J connectivity index is 2.01. The first-order valence-electron chi connectivity index (χ1n) is 8.87. The van der Waals surface area contributed by atoms with Gasteiger partial charge in [0.2, 0.25) is 11.8 Å². The van der Waals surface area contributed by atoms with Gasteiger partial charge >= 0.3 is 0 Å². The van der Waals surface area contributed by atoms with Crippen molar-refractivity contribution in [1.82, 2.24) is 19.9 Å². The van der Waals surface area contributed by atoms with Gasteiger partial charge in [-0.25, -0.2) is 15.0 Å². The van der Waals surface area contributed by atoms with Gasteiger partial charge in [-0.15, -0.1) is 0 Å². The normalized spacial score (nSPS) is 10.6. The van der Waals surface area contributed by atoms with Gasteiger partial charge in [-0.3, -0.25) is 4.79 Å². The van der Waals surface area contributed by atoms with Crippen molar-refractivity contribution in [2.75, 3.05) is 12.4 Å². The molecule has 0 saturated heterocycles. The van der Waals surface area contributed by atoms with Gasteiger partial charge in [0.05, 0.1) is 29.4 Å². The first kappa shape index (κ1) is 19.5. The first-order chi connectivity index (χ1) is 14.5. The van der Waals surface area contributed by atoms with E-state index in [2.05, 4.69) is 47.3 Å². The number of amides is 1. The molecule has 4 rings (SSSR count). The van der Waals surface area contributed by atoms with Crippen molar-refractivity contribution in [2.24, 2.45) is 0 Å². The number of hydrogen-bond acceptors (Lipinski definition) is 6. The van der Waals surface area contributed by atoms with E-state index in [0.29, 0.717) is 32.9 Å². The molecule has 9 heteroatoms. The molecule has 1 amide bonds. The summed E-state index contributed by atoms with van der Waals surface area (Å²) >= 11 is 3.39. The van der Waals surface area contributed by atoms with Crippen molar-refractivity contribution in [2.45, 2.75) is 6.92 Å². The molecule has 0 aromatic carbocycles. The molecule has 0 spiro atoms. The van der Waals surface area contributed by atoms with E-state index >= 15 is 0 Å². The summed E-state index contributed by atoms with van der Waals surface area (Å²) in [6.07, 6.45) is 3.30. The number of pyridine rings is 3. The highest BCUT2D eigenvalue weighted by Crippen LogP contribution is 2.39. The predicted octanol–water partition coefficient (Wildman–Crippen LogP) is 4.29. The zero-order valence-corrected chi connectivity index (χ0v) is 17.6. The van der Waals surface area contributed by atoms with E-state index in [1.807, 2.05) is 12.1 Å². The molecule has 0 aliphatic heterocycles. The van der Waals surface area contributed by atoms with Gasteiger partial charge in [0.25, 0.3) is 0 Å². The van der Waals surface area contributed by atoms with Crippen LogP contribution in [0.3, 0.4) is 0 Å². The lowest BCUT2D eigenvalue weighted by Gasteiger charge is -2.08. The lowest BCUT2D eigenvalue weighted by Crippen LogP contribution is -2.07. The fraction of sp³-hybridized carbons (Fsp3) is 0.0952. The molecule has 0 atom stereocenters. The molecule has 2 N–H and O–H groups in total. The zero-order valence-electron chi connectivity index (χ0n) is 16.0. The number of halogens is 1. The highest BCUT2D eigenvalue weighted by Gasteiger charge is 2.20. The maximum absolute atomic E-state index is 11.4. The molecule has 0 unspecified atom stereocenters. The number of fused-ring (bicyclic) bond motifs is 1. The minimum atomic E-state index is -0.215. The van der Waals surface area contributed by atoms with Gasteiger partial charge in [-0.05, 0) is 40.2 Å². The number of carbonyl (C=O) groups is 1. The molecule has 0 fully saturated rings. The molecule has 0 radical (unpaired) electrons. The summed E-state index contributed by atoms with van der Waals surface area (Å²) in [6.45, 7) is 1.42. The largest absolute Gasteiger partial charge is 0.481 e. The smallest absolute Gasteiger partial charge is 0.222 e. The number of carbonyl (C=O) groups excluding carboxylic acids is 1. The molecular formula is C21H15BrN6O2. The van der Waals surface area contributed by atoms with E-state index in [1.165, 1.54) is 6.92 Å². The summed E-state index contributed by atoms with van der Waals surface area (Å²) in [5.41, 5.74) is 4.77. The van der Waals surface area contributed by atoms with Crippen LogP contribution in [0.4, 0.5) is 5.82 Å². The average Bonchev–Trinajstić information content (AvgIpc) is 3.12. The SMILES string of the molecule is COc1ccc(-c2c(-c3ccnc(NC(C)=O)c3)[nH]c3c(C#N)cc(Br)nc23)cn1. The number of hydrogen-bond donors (Lipinski definition) is 2. The number of rotatable bonds is 4. The highest BCUT2D eigenvalue weighted by molar-refractivity contribution is 9.10. The van der Waals surface area contributed by atoms with Crippen LogP contribution in [0.2, 0.25) is 0 Å². The summed E-state index contributed by atoms with van der Waals surface area (Å²) in [6, 6.07) is 11.1. The quantitative estimate of drug-likeness (QED) is 0.436. The molecular weight excluding hydrogens is 448 g/mol. The van der Waals surface area contributed by atoms with Crippen LogP contribution in [0, 0.1) is 11.3 Å². The number of nitriles is 1. The number of anilines is 1. The van der Waals surface area contributed by atoms with Crippen molar-refractivity contribution in [1.29, 1.82) is 5.26 Å². The van der Waals surface area contributed by atoms with E-state index in [-0.39, 0.29) is 5.91 Å². The fourth-order valence-electron chi connectivity index (χ4n) is 3.20. The van der Waals surface area contributed by atoms with Crippen LogP contribution in [0.1, 0.15) is 12.5 Å². The lowest BCUT2D eigenvalue weighted by atomic mass is 10.0. The van der Waals surface area contributed by atoms with Gasteiger partial charge in [0.15, 0.2) is 0 Å². The van der Waals surface area contributed by atoms with Crippen molar-refractivity contribution in [3.05, 3.63) is 52.9 Å². The van der Waals surface area contributed by atoms with Crippen molar-refractivity contribution >= 4 is 38.7 Å². The van der Waals surface area contributed by atoms with Crippen LogP contribution in [-0.2, 0) is 4.79 Å². The predicted molar refractivity (Wildman–Crippen MR) is 116 cm³/mol. The Morgan fingerprint density at radius 3 is 2.73 bits per heavy atom. The zero-order chi connectivity index (χ0) is 21.3. The summed E-state index contributed by atoms with van der Waals surface area (Å²) in [5.74, 6) is 0.698. The number of ether oxygens (including phenoxy) is 1. The minimum absolute atomic E-state index is 0.215. The number of methoxy groups -OCH3 is 1. The summed E-state index contributed by atoms with van der Waals surface area (Å²) in [7, 11) is 1.55. The standard InChI is InChI=1S/C21H15BrN6O2/c1-11(29)26-16-8-12(5-6-24-16)19-18(13-3-4-17(30-2)25-10-13)21-20(28-19)14(9-23)7-15(22)27-21/h3-8,10,28H,1-2H3,(H,24,26,29). The summed E-state index contributed by atoms with van der Waals surface area (Å²) < 4.78 is 5.71. The number of nitrogens with one attached hydrogen (secondary N) is 2. The molecule has 0 aliphatic rings. The number of aromatic amines is 1. The Bertz CT molecular complexity index is 1310. The van der Waals surface area contributed by atoms with Gasteiger partial charge in [-0.2, -0.15) is 5.26 Å². The Morgan fingerprint density at radius 1 is 1.23 bits per heavy atom. The van der Waals surface area contributed by atoms with E-state index in [0.717, 1.165) is 22.4 Å². The maximum atomic E-state index is 11.4.